The molecule has 0 atom stereocenters. The Labute approximate surface area is 120 Å². The van der Waals surface area contributed by atoms with Gasteiger partial charge < -0.3 is 20.0 Å². The minimum absolute atomic E-state index is 0.0172. The van der Waals surface area contributed by atoms with E-state index in [2.05, 4.69) is 34.3 Å². The molecule has 5 nitrogen and oxygen atoms in total. The Morgan fingerprint density at radius 3 is 2.20 bits per heavy atom. The highest BCUT2D eigenvalue weighted by Gasteiger charge is 2.20. The van der Waals surface area contributed by atoms with Crippen LogP contribution in [0.1, 0.15) is 6.42 Å². The number of rotatable bonds is 2. The molecule has 1 aromatic carbocycles. The summed E-state index contributed by atoms with van der Waals surface area (Å²) in [7, 11) is 2.16. The molecule has 0 saturated carbocycles. The number of piperazine rings is 1. The number of nitrogens with one attached hydrogen (secondary N) is 1. The third kappa shape index (κ3) is 2.88. The van der Waals surface area contributed by atoms with E-state index < -0.39 is 0 Å². The van der Waals surface area contributed by atoms with Crippen LogP contribution in [0.25, 0.3) is 0 Å². The summed E-state index contributed by atoms with van der Waals surface area (Å²) >= 11 is 0. The van der Waals surface area contributed by atoms with Crippen LogP contribution in [-0.2, 0) is 0 Å². The summed E-state index contributed by atoms with van der Waals surface area (Å²) in [5.41, 5.74) is 2.11. The Bertz CT molecular complexity index is 461. The second-order valence-electron chi connectivity index (χ2n) is 5.61. The highest BCUT2D eigenvalue weighted by molar-refractivity contribution is 5.89. The van der Waals surface area contributed by atoms with E-state index in [-0.39, 0.29) is 6.03 Å². The molecule has 2 aliphatic heterocycles. The number of carbonyl (C=O) groups excluding carboxylic acids is 1. The third-order valence-electron chi connectivity index (χ3n) is 4.13. The number of anilines is 2. The van der Waals surface area contributed by atoms with Crippen molar-refractivity contribution in [2.45, 2.75) is 6.42 Å². The minimum atomic E-state index is 0.0172. The first-order valence-electron chi connectivity index (χ1n) is 7.32. The molecule has 0 bridgehead atoms. The Morgan fingerprint density at radius 2 is 1.65 bits per heavy atom. The summed E-state index contributed by atoms with van der Waals surface area (Å²) in [5.74, 6) is 0. The van der Waals surface area contributed by atoms with Gasteiger partial charge in [0.2, 0.25) is 0 Å². The largest absolute Gasteiger partial charge is 0.369 e. The number of likely N-dealkylation sites (N-methyl/N-ethyl adjacent to an activating group) is 1. The van der Waals surface area contributed by atoms with Crippen LogP contribution in [0.3, 0.4) is 0 Å². The van der Waals surface area contributed by atoms with Crippen LogP contribution in [0.2, 0.25) is 0 Å². The first-order chi connectivity index (χ1) is 9.72. The molecule has 2 fully saturated rings. The van der Waals surface area contributed by atoms with Crippen molar-refractivity contribution in [3.8, 4) is 0 Å². The lowest BCUT2D eigenvalue weighted by molar-refractivity contribution is 0.181. The molecule has 0 aromatic heterocycles. The average Bonchev–Trinajstić information content (AvgIpc) is 2.38. The van der Waals surface area contributed by atoms with Crippen LogP contribution in [0, 0.1) is 0 Å². The predicted octanol–water partition coefficient (Wildman–Crippen LogP) is 1.68. The maximum Gasteiger partial charge on any atom is 0.321 e. The number of urea groups is 1. The first-order valence-corrected chi connectivity index (χ1v) is 7.32. The summed E-state index contributed by atoms with van der Waals surface area (Å²) < 4.78 is 0. The number of amides is 2. The number of benzene rings is 1. The minimum Gasteiger partial charge on any atom is -0.369 e. The summed E-state index contributed by atoms with van der Waals surface area (Å²) in [5, 5.41) is 2.94. The van der Waals surface area contributed by atoms with Crippen molar-refractivity contribution in [3.63, 3.8) is 0 Å². The van der Waals surface area contributed by atoms with Gasteiger partial charge in [0.1, 0.15) is 0 Å². The van der Waals surface area contributed by atoms with E-state index in [1.807, 2.05) is 17.0 Å². The average molecular weight is 274 g/mol. The second-order valence-corrected chi connectivity index (χ2v) is 5.61. The van der Waals surface area contributed by atoms with Crippen LogP contribution in [0.5, 0.6) is 0 Å². The molecule has 2 amide bonds. The molecule has 1 aromatic rings. The smallest absolute Gasteiger partial charge is 0.321 e. The Kier molecular flexibility index (Phi) is 3.78. The molecule has 0 radical (unpaired) electrons. The maximum atomic E-state index is 11.8. The molecule has 3 rings (SSSR count). The van der Waals surface area contributed by atoms with E-state index in [9.17, 15) is 4.79 Å². The van der Waals surface area contributed by atoms with Gasteiger partial charge in [-0.05, 0) is 37.7 Å². The van der Waals surface area contributed by atoms with Crippen LogP contribution >= 0.6 is 0 Å². The topological polar surface area (TPSA) is 38.8 Å². The zero-order chi connectivity index (χ0) is 13.9. The molecule has 108 valence electrons. The van der Waals surface area contributed by atoms with Crippen LogP contribution in [-0.4, -0.2) is 62.1 Å². The van der Waals surface area contributed by atoms with Crippen molar-refractivity contribution in [1.29, 1.82) is 0 Å². The highest BCUT2D eigenvalue weighted by atomic mass is 16.2. The van der Waals surface area contributed by atoms with Crippen LogP contribution in [0.4, 0.5) is 16.2 Å². The van der Waals surface area contributed by atoms with Gasteiger partial charge in [-0.15, -0.1) is 0 Å². The fourth-order valence-electron chi connectivity index (χ4n) is 2.54. The Balaban J connectivity index is 1.58. The van der Waals surface area contributed by atoms with E-state index in [0.29, 0.717) is 0 Å². The van der Waals surface area contributed by atoms with Crippen LogP contribution < -0.4 is 10.2 Å². The van der Waals surface area contributed by atoms with E-state index in [0.717, 1.165) is 51.4 Å². The molecule has 2 aliphatic rings. The molecule has 0 unspecified atom stereocenters. The number of hydrogen-bond donors (Lipinski definition) is 1. The van der Waals surface area contributed by atoms with Gasteiger partial charge in [0.05, 0.1) is 0 Å². The standard InChI is InChI=1S/C15H22N4O/c1-17-9-11-18(12-10-17)14-5-3-13(4-6-14)16-15(20)19-7-2-8-19/h3-6H,2,7-12H2,1H3,(H,16,20). The molecule has 5 heteroatoms. The second kappa shape index (κ2) is 5.71. The third-order valence-corrected chi connectivity index (χ3v) is 4.13. The quantitative estimate of drug-likeness (QED) is 0.892. The summed E-state index contributed by atoms with van der Waals surface area (Å²) in [6, 6.07) is 8.19. The van der Waals surface area contributed by atoms with Gasteiger partial charge in [0.25, 0.3) is 0 Å². The fraction of sp³-hybridized carbons (Fsp3) is 0.533. The number of carbonyl (C=O) groups is 1. The summed E-state index contributed by atoms with van der Waals surface area (Å²) in [6.45, 7) is 6.10. The molecule has 0 spiro atoms. The lowest BCUT2D eigenvalue weighted by Gasteiger charge is -2.34. The first kappa shape index (κ1) is 13.2. The van der Waals surface area contributed by atoms with Gasteiger partial charge in [-0.25, -0.2) is 4.79 Å². The van der Waals surface area contributed by atoms with Gasteiger partial charge in [-0.1, -0.05) is 0 Å². The van der Waals surface area contributed by atoms with Gasteiger partial charge in [0, 0.05) is 50.6 Å². The molecular formula is C15H22N4O. The zero-order valence-corrected chi connectivity index (χ0v) is 12.0. The summed E-state index contributed by atoms with van der Waals surface area (Å²) in [4.78, 5) is 18.4. The number of nitrogens with zero attached hydrogens (tertiary/aromatic N) is 3. The molecule has 20 heavy (non-hydrogen) atoms. The van der Waals surface area contributed by atoms with E-state index in [1.165, 1.54) is 5.69 Å². The van der Waals surface area contributed by atoms with E-state index in [4.69, 9.17) is 0 Å². The van der Waals surface area contributed by atoms with Crippen molar-refractivity contribution in [2.24, 2.45) is 0 Å². The zero-order valence-electron chi connectivity index (χ0n) is 12.0. The lowest BCUT2D eigenvalue weighted by Crippen LogP contribution is -2.44. The van der Waals surface area contributed by atoms with Crippen molar-refractivity contribution in [2.75, 3.05) is 56.5 Å². The van der Waals surface area contributed by atoms with Gasteiger partial charge >= 0.3 is 6.03 Å². The van der Waals surface area contributed by atoms with Gasteiger partial charge in [-0.3, -0.25) is 0 Å². The normalized spacial score (nSPS) is 19.6. The van der Waals surface area contributed by atoms with Crippen molar-refractivity contribution in [3.05, 3.63) is 24.3 Å². The fourth-order valence-corrected chi connectivity index (χ4v) is 2.54. The van der Waals surface area contributed by atoms with Gasteiger partial charge in [0.15, 0.2) is 0 Å². The lowest BCUT2D eigenvalue weighted by atomic mass is 10.2. The van der Waals surface area contributed by atoms with Crippen molar-refractivity contribution in [1.82, 2.24) is 9.80 Å². The number of likely N-dealkylation sites (tertiary alicyclic amines) is 1. The highest BCUT2D eigenvalue weighted by Crippen LogP contribution is 2.20. The van der Waals surface area contributed by atoms with Gasteiger partial charge in [-0.2, -0.15) is 0 Å². The van der Waals surface area contributed by atoms with Crippen molar-refractivity contribution < 1.29 is 4.79 Å². The number of hydrogen-bond acceptors (Lipinski definition) is 3. The monoisotopic (exact) mass is 274 g/mol. The predicted molar refractivity (Wildman–Crippen MR) is 81.4 cm³/mol. The maximum absolute atomic E-state index is 11.8. The SMILES string of the molecule is CN1CCN(c2ccc(NC(=O)N3CCC3)cc2)CC1. The molecule has 1 N–H and O–H groups in total. The van der Waals surface area contributed by atoms with Crippen molar-refractivity contribution >= 4 is 17.4 Å². The summed E-state index contributed by atoms with van der Waals surface area (Å²) in [6.07, 6.45) is 1.12. The van der Waals surface area contributed by atoms with E-state index >= 15 is 0 Å². The van der Waals surface area contributed by atoms with E-state index in [1.54, 1.807) is 0 Å². The molecule has 2 heterocycles. The Morgan fingerprint density at radius 1 is 1.00 bits per heavy atom. The molecule has 0 aliphatic carbocycles. The molecular weight excluding hydrogens is 252 g/mol. The Hall–Kier alpha value is -1.75. The molecule has 2 saturated heterocycles. The van der Waals surface area contributed by atoms with Crippen LogP contribution in [0.15, 0.2) is 24.3 Å².